The van der Waals surface area contributed by atoms with Crippen LogP contribution in [0.5, 0.6) is 0 Å². The highest BCUT2D eigenvalue weighted by molar-refractivity contribution is 6.17. The van der Waals surface area contributed by atoms with Gasteiger partial charge in [-0.3, -0.25) is 4.57 Å². The first kappa shape index (κ1) is 14.7. The predicted molar refractivity (Wildman–Crippen MR) is 96.1 cm³/mol. The fraction of sp³-hybridized carbons (Fsp3) is 0.0556. The number of nitrogens with two attached hydrogens (primary N) is 1. The van der Waals surface area contributed by atoms with Crippen molar-refractivity contribution in [1.82, 2.24) is 19.5 Å². The molecular weight excluding hydrogens is 322 g/mol. The first-order chi connectivity index (χ1) is 11.8. The van der Waals surface area contributed by atoms with E-state index < -0.39 is 0 Å². The van der Waals surface area contributed by atoms with E-state index in [0.29, 0.717) is 23.2 Å². The van der Waals surface area contributed by atoms with Gasteiger partial charge in [0.2, 0.25) is 0 Å². The second-order valence-corrected chi connectivity index (χ2v) is 5.62. The van der Waals surface area contributed by atoms with Crippen molar-refractivity contribution >= 4 is 28.6 Å². The molecule has 4 aromatic rings. The van der Waals surface area contributed by atoms with Crippen LogP contribution in [0.4, 0.5) is 5.82 Å². The van der Waals surface area contributed by atoms with Crippen LogP contribution in [0.25, 0.3) is 28.2 Å². The van der Waals surface area contributed by atoms with Gasteiger partial charge in [-0.1, -0.05) is 12.1 Å². The zero-order valence-corrected chi connectivity index (χ0v) is 13.5. The summed E-state index contributed by atoms with van der Waals surface area (Å²) in [5.74, 6) is 1.63. The molecule has 1 aromatic carbocycles. The lowest BCUT2D eigenvalue weighted by Crippen LogP contribution is -2.01. The molecule has 0 radical (unpaired) electrons. The van der Waals surface area contributed by atoms with E-state index in [1.165, 1.54) is 0 Å². The van der Waals surface area contributed by atoms with Crippen molar-refractivity contribution in [3.63, 3.8) is 0 Å². The number of benzene rings is 1. The van der Waals surface area contributed by atoms with Crippen LogP contribution in [0.15, 0.2) is 60.9 Å². The van der Waals surface area contributed by atoms with E-state index in [4.69, 9.17) is 17.3 Å². The number of anilines is 1. The van der Waals surface area contributed by atoms with E-state index in [1.807, 2.05) is 53.1 Å². The molecule has 0 bridgehead atoms. The molecule has 4 rings (SSSR count). The molecule has 0 saturated carbocycles. The van der Waals surface area contributed by atoms with Crippen molar-refractivity contribution in [2.24, 2.45) is 0 Å². The molecule has 118 valence electrons. The Balaban J connectivity index is 2.01. The molecular formula is C18H14ClN5. The molecule has 5 nitrogen and oxygen atoms in total. The van der Waals surface area contributed by atoms with E-state index in [9.17, 15) is 0 Å². The molecule has 2 N–H and O–H groups in total. The Hall–Kier alpha value is -2.92. The Kier molecular flexibility index (Phi) is 3.63. The SMILES string of the molecule is Nc1ncccc1-c1nc2ncccc2n1-c1ccc(CCl)cc1. The number of fused-ring (bicyclic) bond motifs is 1. The van der Waals surface area contributed by atoms with Crippen LogP contribution in [0, 0.1) is 0 Å². The third-order valence-corrected chi connectivity index (χ3v) is 4.17. The molecule has 0 aliphatic heterocycles. The van der Waals surface area contributed by atoms with Crippen LogP contribution in [0.3, 0.4) is 0 Å². The molecule has 0 atom stereocenters. The van der Waals surface area contributed by atoms with Gasteiger partial charge in [0.15, 0.2) is 11.5 Å². The first-order valence-electron chi connectivity index (χ1n) is 7.47. The molecule has 0 fully saturated rings. The molecule has 0 saturated heterocycles. The van der Waals surface area contributed by atoms with Gasteiger partial charge < -0.3 is 5.73 Å². The second-order valence-electron chi connectivity index (χ2n) is 5.35. The summed E-state index contributed by atoms with van der Waals surface area (Å²) in [6, 6.07) is 15.7. The third-order valence-electron chi connectivity index (χ3n) is 3.86. The van der Waals surface area contributed by atoms with Gasteiger partial charge >= 0.3 is 0 Å². The third kappa shape index (κ3) is 2.39. The summed E-state index contributed by atoms with van der Waals surface area (Å²) in [7, 11) is 0. The van der Waals surface area contributed by atoms with Crippen LogP contribution < -0.4 is 5.73 Å². The van der Waals surface area contributed by atoms with E-state index in [1.54, 1.807) is 12.4 Å². The van der Waals surface area contributed by atoms with Crippen LogP contribution in [0.1, 0.15) is 5.56 Å². The highest BCUT2D eigenvalue weighted by atomic mass is 35.5. The summed E-state index contributed by atoms with van der Waals surface area (Å²) in [6.45, 7) is 0. The molecule has 0 spiro atoms. The highest BCUT2D eigenvalue weighted by Gasteiger charge is 2.17. The standard InChI is InChI=1S/C18H14ClN5/c19-11-12-5-7-13(8-6-12)24-15-4-2-10-22-17(15)23-18(24)14-3-1-9-21-16(14)20/h1-10H,11H2,(H2,20,21). The van der Waals surface area contributed by atoms with E-state index in [-0.39, 0.29) is 0 Å². The number of pyridine rings is 2. The number of hydrogen-bond acceptors (Lipinski definition) is 4. The Bertz CT molecular complexity index is 1010. The van der Waals surface area contributed by atoms with Gasteiger partial charge in [-0.15, -0.1) is 11.6 Å². The molecule has 0 aliphatic carbocycles. The van der Waals surface area contributed by atoms with Gasteiger partial charge in [-0.05, 0) is 42.0 Å². The number of halogens is 1. The zero-order valence-electron chi connectivity index (χ0n) is 12.7. The maximum Gasteiger partial charge on any atom is 0.178 e. The number of alkyl halides is 1. The number of rotatable bonds is 3. The van der Waals surface area contributed by atoms with Crippen LogP contribution in [-0.4, -0.2) is 19.5 Å². The first-order valence-corrected chi connectivity index (χ1v) is 8.01. The summed E-state index contributed by atoms with van der Waals surface area (Å²) < 4.78 is 2.04. The Morgan fingerprint density at radius 1 is 0.958 bits per heavy atom. The summed E-state index contributed by atoms with van der Waals surface area (Å²) in [4.78, 5) is 13.2. The average Bonchev–Trinajstić information content (AvgIpc) is 3.01. The maximum absolute atomic E-state index is 6.06. The highest BCUT2D eigenvalue weighted by Crippen LogP contribution is 2.30. The van der Waals surface area contributed by atoms with Crippen LogP contribution >= 0.6 is 11.6 Å². The zero-order chi connectivity index (χ0) is 16.5. The van der Waals surface area contributed by atoms with Crippen molar-refractivity contribution in [1.29, 1.82) is 0 Å². The molecule has 3 heterocycles. The molecule has 3 aromatic heterocycles. The van der Waals surface area contributed by atoms with Crippen molar-refractivity contribution in [2.75, 3.05) is 5.73 Å². The second kappa shape index (κ2) is 5.94. The summed E-state index contributed by atoms with van der Waals surface area (Å²) >= 11 is 5.89. The van der Waals surface area contributed by atoms with E-state index in [0.717, 1.165) is 22.3 Å². The number of nitrogen functional groups attached to an aromatic ring is 1. The van der Waals surface area contributed by atoms with Crippen molar-refractivity contribution in [2.45, 2.75) is 5.88 Å². The number of nitrogens with zero attached hydrogens (tertiary/aromatic N) is 4. The Labute approximate surface area is 143 Å². The fourth-order valence-corrected chi connectivity index (χ4v) is 2.87. The largest absolute Gasteiger partial charge is 0.383 e. The summed E-state index contributed by atoms with van der Waals surface area (Å²) in [6.07, 6.45) is 3.39. The summed E-state index contributed by atoms with van der Waals surface area (Å²) in [5.41, 5.74) is 10.4. The van der Waals surface area contributed by atoms with Crippen LogP contribution in [0.2, 0.25) is 0 Å². The topological polar surface area (TPSA) is 69.6 Å². The predicted octanol–water partition coefficient (Wildman–Crippen LogP) is 3.80. The monoisotopic (exact) mass is 335 g/mol. The number of aromatic nitrogens is 4. The van der Waals surface area contributed by atoms with Crippen molar-refractivity contribution in [3.05, 3.63) is 66.5 Å². The van der Waals surface area contributed by atoms with E-state index >= 15 is 0 Å². The van der Waals surface area contributed by atoms with Gasteiger partial charge in [-0.25, -0.2) is 15.0 Å². The molecule has 0 unspecified atom stereocenters. The van der Waals surface area contributed by atoms with Crippen LogP contribution in [-0.2, 0) is 5.88 Å². The normalized spacial score (nSPS) is 11.0. The Morgan fingerprint density at radius 2 is 1.71 bits per heavy atom. The number of imidazole rings is 1. The number of hydrogen-bond donors (Lipinski definition) is 1. The van der Waals surface area contributed by atoms with Crippen molar-refractivity contribution in [3.8, 4) is 17.1 Å². The molecule has 0 amide bonds. The minimum atomic E-state index is 0.437. The quantitative estimate of drug-likeness (QED) is 0.578. The smallest absolute Gasteiger partial charge is 0.178 e. The lowest BCUT2D eigenvalue weighted by atomic mass is 10.2. The van der Waals surface area contributed by atoms with Gasteiger partial charge in [0.25, 0.3) is 0 Å². The van der Waals surface area contributed by atoms with Gasteiger partial charge in [0.1, 0.15) is 5.82 Å². The molecule has 24 heavy (non-hydrogen) atoms. The lowest BCUT2D eigenvalue weighted by molar-refractivity contribution is 1.09. The maximum atomic E-state index is 6.06. The molecule has 0 aliphatic rings. The van der Waals surface area contributed by atoms with Gasteiger partial charge in [0.05, 0.1) is 11.1 Å². The summed E-state index contributed by atoms with van der Waals surface area (Å²) in [5, 5.41) is 0. The lowest BCUT2D eigenvalue weighted by Gasteiger charge is -2.11. The minimum Gasteiger partial charge on any atom is -0.383 e. The minimum absolute atomic E-state index is 0.437. The van der Waals surface area contributed by atoms with E-state index in [2.05, 4.69) is 15.0 Å². The van der Waals surface area contributed by atoms with Gasteiger partial charge in [-0.2, -0.15) is 0 Å². The van der Waals surface area contributed by atoms with Crippen molar-refractivity contribution < 1.29 is 0 Å². The molecule has 6 heteroatoms. The average molecular weight is 336 g/mol. The fourth-order valence-electron chi connectivity index (χ4n) is 2.70. The Morgan fingerprint density at radius 3 is 2.46 bits per heavy atom. The van der Waals surface area contributed by atoms with Gasteiger partial charge in [0, 0.05) is 24.0 Å².